The average Bonchev–Trinajstić information content (AvgIpc) is 2.40. The Morgan fingerprint density at radius 1 is 1.40 bits per heavy atom. The lowest BCUT2D eigenvalue weighted by Gasteiger charge is -2.17. The van der Waals surface area contributed by atoms with E-state index in [4.69, 9.17) is 21.1 Å². The second-order valence-electron chi connectivity index (χ2n) is 4.22. The van der Waals surface area contributed by atoms with Gasteiger partial charge in [0.1, 0.15) is 6.04 Å². The number of rotatable bonds is 5. The zero-order valence-electron chi connectivity index (χ0n) is 11.7. The second-order valence-corrected chi connectivity index (χ2v) is 4.65. The minimum atomic E-state index is -0.793. The Kier molecular flexibility index (Phi) is 6.31. The highest BCUT2D eigenvalue weighted by molar-refractivity contribution is 6.30. The number of hydrogen-bond donors (Lipinski definition) is 1. The van der Waals surface area contributed by atoms with Gasteiger partial charge in [0.05, 0.1) is 13.7 Å². The number of amides is 1. The predicted molar refractivity (Wildman–Crippen MR) is 75.9 cm³/mol. The largest absolute Gasteiger partial charge is 0.467 e. The van der Waals surface area contributed by atoms with E-state index in [2.05, 4.69) is 5.32 Å². The van der Waals surface area contributed by atoms with Crippen molar-refractivity contribution in [3.8, 4) is 0 Å². The highest BCUT2D eigenvalue weighted by Gasteiger charge is 2.23. The van der Waals surface area contributed by atoms with Crippen molar-refractivity contribution >= 4 is 23.7 Å². The van der Waals surface area contributed by atoms with E-state index in [0.717, 1.165) is 11.1 Å². The van der Waals surface area contributed by atoms with Crippen molar-refractivity contribution in [1.82, 2.24) is 5.32 Å². The highest BCUT2D eigenvalue weighted by Crippen LogP contribution is 2.17. The van der Waals surface area contributed by atoms with Crippen molar-refractivity contribution in [2.75, 3.05) is 13.7 Å². The fourth-order valence-corrected chi connectivity index (χ4v) is 1.99. The SMILES string of the molecule is CCOC(=O)NC(Cc1ccc(Cl)cc1C)C(=O)OC. The third-order valence-corrected chi connectivity index (χ3v) is 3.02. The molecule has 20 heavy (non-hydrogen) atoms. The van der Waals surface area contributed by atoms with Gasteiger partial charge in [-0.3, -0.25) is 0 Å². The zero-order valence-corrected chi connectivity index (χ0v) is 12.5. The molecule has 1 N–H and O–H groups in total. The summed E-state index contributed by atoms with van der Waals surface area (Å²) in [6.07, 6.45) is -0.330. The smallest absolute Gasteiger partial charge is 0.407 e. The molecule has 0 spiro atoms. The van der Waals surface area contributed by atoms with Crippen LogP contribution < -0.4 is 5.32 Å². The molecule has 0 aromatic heterocycles. The lowest BCUT2D eigenvalue weighted by molar-refractivity contribution is -0.142. The molecule has 0 aliphatic carbocycles. The lowest BCUT2D eigenvalue weighted by Crippen LogP contribution is -2.43. The molecule has 1 amide bonds. The summed E-state index contributed by atoms with van der Waals surface area (Å²) in [5, 5.41) is 3.11. The Morgan fingerprint density at radius 3 is 2.65 bits per heavy atom. The third kappa shape index (κ3) is 4.74. The summed E-state index contributed by atoms with van der Waals surface area (Å²) >= 11 is 5.89. The van der Waals surface area contributed by atoms with E-state index in [9.17, 15) is 9.59 Å². The van der Waals surface area contributed by atoms with Gasteiger partial charge in [0, 0.05) is 11.4 Å². The average molecular weight is 300 g/mol. The van der Waals surface area contributed by atoms with Gasteiger partial charge in [-0.1, -0.05) is 17.7 Å². The van der Waals surface area contributed by atoms with Crippen LogP contribution in [0.3, 0.4) is 0 Å². The van der Waals surface area contributed by atoms with Crippen LogP contribution in [0.4, 0.5) is 4.79 Å². The monoisotopic (exact) mass is 299 g/mol. The number of benzene rings is 1. The fourth-order valence-electron chi connectivity index (χ4n) is 1.76. The minimum absolute atomic E-state index is 0.236. The molecule has 0 radical (unpaired) electrons. The number of nitrogens with one attached hydrogen (secondary N) is 1. The first-order valence-corrected chi connectivity index (χ1v) is 6.61. The first-order valence-electron chi connectivity index (χ1n) is 6.24. The minimum Gasteiger partial charge on any atom is -0.467 e. The molecular formula is C14H18ClNO4. The van der Waals surface area contributed by atoms with Crippen LogP contribution in [-0.2, 0) is 20.7 Å². The molecule has 0 fully saturated rings. The van der Waals surface area contributed by atoms with Crippen LogP contribution in [0, 0.1) is 6.92 Å². The molecule has 1 unspecified atom stereocenters. The summed E-state index contributed by atoms with van der Waals surface area (Å²) in [6.45, 7) is 3.82. The number of methoxy groups -OCH3 is 1. The Balaban J connectivity index is 2.83. The first-order chi connectivity index (χ1) is 9.47. The highest BCUT2D eigenvalue weighted by atomic mass is 35.5. The van der Waals surface area contributed by atoms with E-state index in [1.165, 1.54) is 7.11 Å². The molecule has 1 aromatic rings. The number of esters is 1. The number of halogens is 1. The van der Waals surface area contributed by atoms with Gasteiger partial charge in [-0.05, 0) is 37.1 Å². The van der Waals surface area contributed by atoms with Crippen LogP contribution in [0.5, 0.6) is 0 Å². The maximum Gasteiger partial charge on any atom is 0.407 e. The summed E-state index contributed by atoms with van der Waals surface area (Å²) in [7, 11) is 1.27. The van der Waals surface area contributed by atoms with Crippen molar-refractivity contribution in [2.45, 2.75) is 26.3 Å². The molecule has 1 rings (SSSR count). The number of carbonyl (C=O) groups excluding carboxylic acids is 2. The normalized spacial score (nSPS) is 11.6. The van der Waals surface area contributed by atoms with Crippen LogP contribution in [-0.4, -0.2) is 31.8 Å². The van der Waals surface area contributed by atoms with Gasteiger partial charge in [0.15, 0.2) is 0 Å². The Bertz CT molecular complexity index is 490. The van der Waals surface area contributed by atoms with Crippen LogP contribution in [0.15, 0.2) is 18.2 Å². The molecule has 0 bridgehead atoms. The van der Waals surface area contributed by atoms with Gasteiger partial charge in [0.2, 0.25) is 0 Å². The van der Waals surface area contributed by atoms with E-state index >= 15 is 0 Å². The predicted octanol–water partition coefficient (Wildman–Crippen LogP) is 2.48. The number of aryl methyl sites for hydroxylation is 1. The molecule has 0 aliphatic rings. The van der Waals surface area contributed by atoms with E-state index in [0.29, 0.717) is 11.4 Å². The van der Waals surface area contributed by atoms with E-state index < -0.39 is 18.1 Å². The van der Waals surface area contributed by atoms with Crippen molar-refractivity contribution in [3.63, 3.8) is 0 Å². The van der Waals surface area contributed by atoms with Crippen molar-refractivity contribution in [2.24, 2.45) is 0 Å². The topological polar surface area (TPSA) is 64.6 Å². The lowest BCUT2D eigenvalue weighted by atomic mass is 10.0. The molecule has 1 aromatic carbocycles. The van der Waals surface area contributed by atoms with E-state index in [1.54, 1.807) is 19.1 Å². The van der Waals surface area contributed by atoms with Crippen LogP contribution >= 0.6 is 11.6 Å². The quantitative estimate of drug-likeness (QED) is 0.848. The van der Waals surface area contributed by atoms with Crippen LogP contribution in [0.1, 0.15) is 18.1 Å². The first kappa shape index (κ1) is 16.3. The van der Waals surface area contributed by atoms with Gasteiger partial charge in [0.25, 0.3) is 0 Å². The Morgan fingerprint density at radius 2 is 2.10 bits per heavy atom. The molecule has 0 saturated heterocycles. The molecule has 0 heterocycles. The Hall–Kier alpha value is -1.75. The summed E-state index contributed by atoms with van der Waals surface area (Å²) in [4.78, 5) is 23.2. The van der Waals surface area contributed by atoms with Crippen molar-refractivity contribution in [1.29, 1.82) is 0 Å². The molecule has 110 valence electrons. The van der Waals surface area contributed by atoms with Crippen LogP contribution in [0.2, 0.25) is 5.02 Å². The van der Waals surface area contributed by atoms with E-state index in [1.807, 2.05) is 13.0 Å². The maximum atomic E-state index is 11.7. The third-order valence-electron chi connectivity index (χ3n) is 2.78. The molecule has 5 nitrogen and oxygen atoms in total. The van der Waals surface area contributed by atoms with Crippen molar-refractivity contribution < 1.29 is 19.1 Å². The summed E-state index contributed by atoms with van der Waals surface area (Å²) in [5.41, 5.74) is 1.85. The summed E-state index contributed by atoms with van der Waals surface area (Å²) in [5.74, 6) is -0.521. The van der Waals surface area contributed by atoms with Crippen molar-refractivity contribution in [3.05, 3.63) is 34.3 Å². The van der Waals surface area contributed by atoms with Crippen LogP contribution in [0.25, 0.3) is 0 Å². The van der Waals surface area contributed by atoms with E-state index in [-0.39, 0.29) is 6.61 Å². The van der Waals surface area contributed by atoms with Gasteiger partial charge in [-0.2, -0.15) is 0 Å². The summed E-state index contributed by atoms with van der Waals surface area (Å²) in [6, 6.07) is 4.57. The number of ether oxygens (including phenoxy) is 2. The van der Waals surface area contributed by atoms with Gasteiger partial charge < -0.3 is 14.8 Å². The molecule has 6 heteroatoms. The summed E-state index contributed by atoms with van der Waals surface area (Å²) < 4.78 is 9.47. The van der Waals surface area contributed by atoms with Gasteiger partial charge >= 0.3 is 12.1 Å². The number of hydrogen-bond acceptors (Lipinski definition) is 4. The van der Waals surface area contributed by atoms with Gasteiger partial charge in [-0.15, -0.1) is 0 Å². The maximum absolute atomic E-state index is 11.7. The second kappa shape index (κ2) is 7.75. The fraction of sp³-hybridized carbons (Fsp3) is 0.429. The van der Waals surface area contributed by atoms with Gasteiger partial charge in [-0.25, -0.2) is 9.59 Å². The number of alkyl carbamates (subject to hydrolysis) is 1. The molecule has 0 saturated carbocycles. The Labute approximate surface area is 123 Å². The number of carbonyl (C=O) groups is 2. The standard InChI is InChI=1S/C14H18ClNO4/c1-4-20-14(18)16-12(13(17)19-3)8-10-5-6-11(15)7-9(10)2/h5-7,12H,4,8H2,1-3H3,(H,16,18). The zero-order chi connectivity index (χ0) is 15.1. The molecule has 0 aliphatic heterocycles. The molecular weight excluding hydrogens is 282 g/mol. The molecule has 1 atom stereocenters.